The Morgan fingerprint density at radius 1 is 1.07 bits per heavy atom. The van der Waals surface area contributed by atoms with Gasteiger partial charge in [0.1, 0.15) is 23.7 Å². The Balaban J connectivity index is 1.92. The minimum absolute atomic E-state index is 0.150. The van der Waals surface area contributed by atoms with Crippen molar-refractivity contribution in [2.45, 2.75) is 6.92 Å². The number of ether oxygens (including phenoxy) is 1. The van der Waals surface area contributed by atoms with Gasteiger partial charge in [-0.25, -0.2) is 8.78 Å². The molecule has 0 spiro atoms. The van der Waals surface area contributed by atoms with Crippen LogP contribution in [0.15, 0.2) is 53.6 Å². The van der Waals surface area contributed by atoms with Crippen LogP contribution in [0.4, 0.5) is 14.5 Å². The van der Waals surface area contributed by atoms with Crippen LogP contribution in [-0.2, 0) is 7.05 Å². The van der Waals surface area contributed by atoms with Gasteiger partial charge in [-0.2, -0.15) is 0 Å². The number of hydrogen-bond donors (Lipinski definition) is 1. The minimum Gasteiger partial charge on any atom is -0.454 e. The number of hydrogen-bond acceptors (Lipinski definition) is 5. The van der Waals surface area contributed by atoms with Crippen molar-refractivity contribution in [2.75, 3.05) is 12.3 Å². The van der Waals surface area contributed by atoms with Crippen LogP contribution in [0.1, 0.15) is 6.92 Å². The van der Waals surface area contributed by atoms with Crippen LogP contribution >= 0.6 is 0 Å². The molecule has 154 valence electrons. The standard InChI is InChI=1S/C21H18F2N4O3/c1-3-29-27-11-16-20(25-27)15(10-26(2)21(16)28)14-9-13(24)5-7-18(14)30-19-6-4-12(22)8-17(19)23/h4-11H,3,24H2,1-2H3. The molecule has 2 aromatic carbocycles. The van der Waals surface area contributed by atoms with E-state index in [1.807, 2.05) is 0 Å². The van der Waals surface area contributed by atoms with Crippen LogP contribution in [0.2, 0.25) is 0 Å². The molecule has 0 atom stereocenters. The van der Waals surface area contributed by atoms with Crippen molar-refractivity contribution < 1.29 is 18.4 Å². The molecule has 0 saturated carbocycles. The fourth-order valence-corrected chi connectivity index (χ4v) is 3.13. The molecule has 2 aromatic heterocycles. The smallest absolute Gasteiger partial charge is 0.261 e. The van der Waals surface area contributed by atoms with E-state index >= 15 is 0 Å². The highest BCUT2D eigenvalue weighted by molar-refractivity contribution is 5.94. The van der Waals surface area contributed by atoms with E-state index in [2.05, 4.69) is 5.10 Å². The quantitative estimate of drug-likeness (QED) is 0.507. The number of pyridine rings is 1. The van der Waals surface area contributed by atoms with E-state index in [-0.39, 0.29) is 17.1 Å². The predicted molar refractivity (Wildman–Crippen MR) is 108 cm³/mol. The number of benzene rings is 2. The normalized spacial score (nSPS) is 11.1. The fourth-order valence-electron chi connectivity index (χ4n) is 3.13. The van der Waals surface area contributed by atoms with Crippen LogP contribution in [0, 0.1) is 11.6 Å². The molecule has 0 aliphatic heterocycles. The summed E-state index contributed by atoms with van der Waals surface area (Å²) in [7, 11) is 1.61. The van der Waals surface area contributed by atoms with Crippen molar-refractivity contribution >= 4 is 16.6 Å². The van der Waals surface area contributed by atoms with Gasteiger partial charge in [0.05, 0.1) is 11.6 Å². The zero-order chi connectivity index (χ0) is 21.4. The summed E-state index contributed by atoms with van der Waals surface area (Å²) in [4.78, 5) is 19.2. The third-order valence-corrected chi connectivity index (χ3v) is 4.49. The molecule has 0 saturated heterocycles. The topological polar surface area (TPSA) is 84.3 Å². The summed E-state index contributed by atoms with van der Waals surface area (Å²) >= 11 is 0. The third-order valence-electron chi connectivity index (χ3n) is 4.49. The van der Waals surface area contributed by atoms with Crippen molar-refractivity contribution in [1.29, 1.82) is 0 Å². The zero-order valence-corrected chi connectivity index (χ0v) is 16.2. The van der Waals surface area contributed by atoms with Crippen molar-refractivity contribution in [1.82, 2.24) is 14.5 Å². The van der Waals surface area contributed by atoms with Crippen LogP contribution in [0.5, 0.6) is 11.5 Å². The molecule has 0 amide bonds. The largest absolute Gasteiger partial charge is 0.454 e. The summed E-state index contributed by atoms with van der Waals surface area (Å²) in [5.41, 5.74) is 7.56. The molecule has 0 aliphatic carbocycles. The Bertz CT molecular complexity index is 1310. The molecule has 4 aromatic rings. The summed E-state index contributed by atoms with van der Waals surface area (Å²) in [5, 5.41) is 4.69. The Hall–Kier alpha value is -3.88. The van der Waals surface area contributed by atoms with Gasteiger partial charge >= 0.3 is 0 Å². The average molecular weight is 412 g/mol. The monoisotopic (exact) mass is 412 g/mol. The number of fused-ring (bicyclic) bond motifs is 1. The number of aromatic nitrogens is 3. The lowest BCUT2D eigenvalue weighted by molar-refractivity contribution is 0.0944. The Kier molecular flexibility index (Phi) is 4.86. The summed E-state index contributed by atoms with van der Waals surface area (Å²) in [6, 6.07) is 7.84. The van der Waals surface area contributed by atoms with Gasteiger partial charge in [0, 0.05) is 36.1 Å². The lowest BCUT2D eigenvalue weighted by Gasteiger charge is -2.14. The first-order valence-corrected chi connectivity index (χ1v) is 9.12. The van der Waals surface area contributed by atoms with Crippen molar-refractivity contribution in [2.24, 2.45) is 7.05 Å². The minimum atomic E-state index is -0.844. The van der Waals surface area contributed by atoms with Crippen molar-refractivity contribution in [3.8, 4) is 22.6 Å². The summed E-state index contributed by atoms with van der Waals surface area (Å²) < 4.78 is 34.5. The zero-order valence-electron chi connectivity index (χ0n) is 16.2. The Morgan fingerprint density at radius 3 is 2.57 bits per heavy atom. The number of halogens is 2. The number of aryl methyl sites for hydroxylation is 1. The summed E-state index contributed by atoms with van der Waals surface area (Å²) in [6.45, 7) is 2.16. The Labute approximate surface area is 169 Å². The predicted octanol–water partition coefficient (Wildman–Crippen LogP) is 3.50. The van der Waals surface area contributed by atoms with Crippen LogP contribution in [0.25, 0.3) is 22.0 Å². The number of nitrogens with two attached hydrogens (primary N) is 1. The fraction of sp³-hybridized carbons (Fsp3) is 0.143. The van der Waals surface area contributed by atoms with Crippen LogP contribution < -0.4 is 20.9 Å². The molecule has 0 radical (unpaired) electrons. The summed E-state index contributed by atoms with van der Waals surface area (Å²) in [5.74, 6) is -1.44. The van der Waals surface area contributed by atoms with E-state index in [0.29, 0.717) is 34.3 Å². The first kappa shape index (κ1) is 19.4. The van der Waals surface area contributed by atoms with Gasteiger partial charge < -0.3 is 19.9 Å². The first-order valence-electron chi connectivity index (χ1n) is 9.12. The molecule has 0 aliphatic rings. The highest BCUT2D eigenvalue weighted by atomic mass is 19.1. The molecule has 0 bridgehead atoms. The van der Waals surface area contributed by atoms with Gasteiger partial charge in [0.15, 0.2) is 11.6 Å². The van der Waals surface area contributed by atoms with E-state index in [1.165, 1.54) is 21.7 Å². The van der Waals surface area contributed by atoms with Crippen molar-refractivity contribution in [3.05, 3.63) is 70.8 Å². The number of nitrogens with zero attached hydrogens (tertiary/aromatic N) is 3. The van der Waals surface area contributed by atoms with Crippen molar-refractivity contribution in [3.63, 3.8) is 0 Å². The van der Waals surface area contributed by atoms with Crippen LogP contribution in [-0.4, -0.2) is 21.1 Å². The highest BCUT2D eigenvalue weighted by Gasteiger charge is 2.18. The average Bonchev–Trinajstić information content (AvgIpc) is 3.12. The van der Waals surface area contributed by atoms with Gasteiger partial charge in [-0.3, -0.25) is 4.79 Å². The second-order valence-electron chi connectivity index (χ2n) is 6.60. The van der Waals surface area contributed by atoms with E-state index < -0.39 is 11.6 Å². The molecule has 0 unspecified atom stereocenters. The molecule has 9 heteroatoms. The molecule has 2 N–H and O–H groups in total. The maximum absolute atomic E-state index is 14.1. The molecule has 30 heavy (non-hydrogen) atoms. The lowest BCUT2D eigenvalue weighted by atomic mass is 10.0. The third kappa shape index (κ3) is 3.45. The first-order chi connectivity index (χ1) is 14.4. The van der Waals surface area contributed by atoms with Gasteiger partial charge in [-0.05, 0) is 37.3 Å². The van der Waals surface area contributed by atoms with Gasteiger partial charge in [-0.1, -0.05) is 0 Å². The van der Waals surface area contributed by atoms with E-state index in [9.17, 15) is 13.6 Å². The number of nitrogen functional groups attached to an aromatic ring is 1. The molecule has 4 rings (SSSR count). The second-order valence-corrected chi connectivity index (χ2v) is 6.60. The summed E-state index contributed by atoms with van der Waals surface area (Å²) in [6.07, 6.45) is 3.09. The van der Waals surface area contributed by atoms with E-state index in [0.717, 1.165) is 12.1 Å². The maximum atomic E-state index is 14.1. The Morgan fingerprint density at radius 2 is 1.83 bits per heavy atom. The molecule has 0 fully saturated rings. The lowest BCUT2D eigenvalue weighted by Crippen LogP contribution is -2.16. The van der Waals surface area contributed by atoms with E-state index in [4.69, 9.17) is 15.3 Å². The second kappa shape index (κ2) is 7.51. The SMILES string of the molecule is CCOn1cc2c(=O)n(C)cc(-c3cc(N)ccc3Oc3ccc(F)cc3F)c2n1. The maximum Gasteiger partial charge on any atom is 0.261 e. The van der Waals surface area contributed by atoms with Gasteiger partial charge in [-0.15, -0.1) is 9.94 Å². The van der Waals surface area contributed by atoms with Crippen LogP contribution in [0.3, 0.4) is 0 Å². The van der Waals surface area contributed by atoms with Gasteiger partial charge in [0.2, 0.25) is 0 Å². The molecule has 2 heterocycles. The molecular formula is C21H18F2N4O3. The number of rotatable bonds is 5. The number of anilines is 1. The van der Waals surface area contributed by atoms with E-state index in [1.54, 1.807) is 38.4 Å². The molecular weight excluding hydrogens is 394 g/mol. The van der Waals surface area contributed by atoms with Gasteiger partial charge in [0.25, 0.3) is 5.56 Å². The molecule has 7 nitrogen and oxygen atoms in total. The highest BCUT2D eigenvalue weighted by Crippen LogP contribution is 2.38.